The van der Waals surface area contributed by atoms with Crippen LogP contribution in [-0.4, -0.2) is 39.9 Å². The molecule has 0 spiro atoms. The molecule has 0 atom stereocenters. The van der Waals surface area contributed by atoms with Crippen molar-refractivity contribution in [3.63, 3.8) is 0 Å². The fourth-order valence-corrected chi connectivity index (χ4v) is 3.70. The molecule has 1 aliphatic heterocycles. The third-order valence-corrected chi connectivity index (χ3v) is 5.26. The van der Waals surface area contributed by atoms with Crippen molar-refractivity contribution in [3.05, 3.63) is 65.9 Å². The Kier molecular flexibility index (Phi) is 4.67. The van der Waals surface area contributed by atoms with E-state index in [1.165, 1.54) is 0 Å². The van der Waals surface area contributed by atoms with Gasteiger partial charge in [-0.3, -0.25) is 9.69 Å². The van der Waals surface area contributed by atoms with Gasteiger partial charge in [-0.15, -0.1) is 0 Å². The van der Waals surface area contributed by atoms with Gasteiger partial charge in [0.25, 0.3) is 0 Å². The summed E-state index contributed by atoms with van der Waals surface area (Å²) in [6.45, 7) is 6.51. The Hall–Kier alpha value is -3.12. The van der Waals surface area contributed by atoms with Crippen LogP contribution in [0.4, 0.5) is 11.5 Å². The number of carbonyl (C=O) groups is 1. The third-order valence-electron chi connectivity index (χ3n) is 5.26. The van der Waals surface area contributed by atoms with Crippen molar-refractivity contribution in [2.45, 2.75) is 32.7 Å². The first-order valence-electron chi connectivity index (χ1n) is 9.66. The van der Waals surface area contributed by atoms with Gasteiger partial charge in [0.05, 0.1) is 16.8 Å². The molecule has 3 heterocycles. The molecular weight excluding hydrogens is 362 g/mol. The van der Waals surface area contributed by atoms with Gasteiger partial charge in [0, 0.05) is 24.5 Å². The van der Waals surface area contributed by atoms with Gasteiger partial charge in [0.1, 0.15) is 11.6 Å². The summed E-state index contributed by atoms with van der Waals surface area (Å²) in [5, 5.41) is 0. The molecule has 6 nitrogen and oxygen atoms in total. The van der Waals surface area contributed by atoms with Gasteiger partial charge in [0.15, 0.2) is 0 Å². The second-order valence-corrected chi connectivity index (χ2v) is 8.24. The van der Waals surface area contributed by atoms with Crippen LogP contribution in [0.2, 0.25) is 0 Å². The summed E-state index contributed by atoms with van der Waals surface area (Å²) < 4.78 is 0. The summed E-state index contributed by atoms with van der Waals surface area (Å²) in [6, 6.07) is 11.9. The van der Waals surface area contributed by atoms with E-state index >= 15 is 0 Å². The fourth-order valence-electron chi connectivity index (χ4n) is 3.70. The first-order valence-corrected chi connectivity index (χ1v) is 9.66. The van der Waals surface area contributed by atoms with Gasteiger partial charge < -0.3 is 4.90 Å². The van der Waals surface area contributed by atoms with Crippen molar-refractivity contribution in [3.8, 4) is 11.1 Å². The van der Waals surface area contributed by atoms with Gasteiger partial charge >= 0.3 is 0 Å². The number of benzene rings is 1. The van der Waals surface area contributed by atoms with Crippen molar-refractivity contribution in [2.75, 3.05) is 19.0 Å². The van der Waals surface area contributed by atoms with E-state index in [4.69, 9.17) is 4.98 Å². The van der Waals surface area contributed by atoms with Crippen molar-refractivity contribution < 1.29 is 4.79 Å². The minimum atomic E-state index is -0.614. The third kappa shape index (κ3) is 3.40. The quantitative estimate of drug-likeness (QED) is 0.680. The van der Waals surface area contributed by atoms with Crippen LogP contribution in [-0.2, 0) is 16.8 Å². The zero-order chi connectivity index (χ0) is 20.8. The molecule has 0 saturated carbocycles. The predicted octanol–water partition coefficient (Wildman–Crippen LogP) is 3.86. The van der Waals surface area contributed by atoms with E-state index in [1.807, 2.05) is 83.7 Å². The number of rotatable bonds is 4. The number of nitrogens with zero attached hydrogens (tertiary/aromatic N) is 5. The van der Waals surface area contributed by atoms with Crippen molar-refractivity contribution in [1.29, 1.82) is 0 Å². The van der Waals surface area contributed by atoms with Crippen molar-refractivity contribution in [1.82, 2.24) is 19.9 Å². The number of carbonyl (C=O) groups excluding carboxylic acids is 1. The van der Waals surface area contributed by atoms with E-state index in [2.05, 4.69) is 14.9 Å². The molecule has 4 rings (SSSR count). The molecule has 148 valence electrons. The van der Waals surface area contributed by atoms with E-state index in [-0.39, 0.29) is 5.91 Å². The number of amides is 1. The summed E-state index contributed by atoms with van der Waals surface area (Å²) in [7, 11) is 4.01. The van der Waals surface area contributed by atoms with Crippen LogP contribution in [0, 0.1) is 6.92 Å². The summed E-state index contributed by atoms with van der Waals surface area (Å²) in [5.74, 6) is 1.41. The second kappa shape index (κ2) is 7.04. The fraction of sp³-hybridized carbons (Fsp3) is 0.304. The zero-order valence-electron chi connectivity index (χ0n) is 17.5. The number of fused-ring (bicyclic) bond motifs is 1. The van der Waals surface area contributed by atoms with Gasteiger partial charge in [-0.05, 0) is 64.2 Å². The number of aromatic nitrogens is 3. The summed E-state index contributed by atoms with van der Waals surface area (Å²) in [5.41, 5.74) is 4.08. The Bertz CT molecular complexity index is 1070. The lowest BCUT2D eigenvalue weighted by atomic mass is 9.85. The minimum absolute atomic E-state index is 0.0271. The predicted molar refractivity (Wildman–Crippen MR) is 114 cm³/mol. The lowest BCUT2D eigenvalue weighted by Gasteiger charge is -2.20. The standard InChI is InChI=1S/C23H25N5O/c1-15-24-12-17(13-25-15)16-9-10-19-20(11-16)28(22(29)23(19,2)3)21-8-6-7-18(26-21)14-27(4)5/h6-13H,14H2,1-5H3. The van der Waals surface area contributed by atoms with Crippen LogP contribution in [0.5, 0.6) is 0 Å². The zero-order valence-corrected chi connectivity index (χ0v) is 17.5. The normalized spacial score (nSPS) is 15.1. The van der Waals surface area contributed by atoms with Crippen LogP contribution in [0.15, 0.2) is 48.8 Å². The topological polar surface area (TPSA) is 62.2 Å². The largest absolute Gasteiger partial charge is 0.304 e. The molecule has 0 aliphatic carbocycles. The highest BCUT2D eigenvalue weighted by Gasteiger charge is 2.45. The molecule has 6 heteroatoms. The molecule has 2 aromatic heterocycles. The molecule has 0 saturated heterocycles. The highest BCUT2D eigenvalue weighted by atomic mass is 16.2. The average molecular weight is 387 g/mol. The first kappa shape index (κ1) is 19.2. The van der Waals surface area contributed by atoms with Crippen LogP contribution < -0.4 is 4.90 Å². The lowest BCUT2D eigenvalue weighted by molar-refractivity contribution is -0.121. The molecule has 1 aromatic carbocycles. The van der Waals surface area contributed by atoms with E-state index in [1.54, 1.807) is 4.90 Å². The molecule has 0 N–H and O–H groups in total. The van der Waals surface area contributed by atoms with E-state index in [0.29, 0.717) is 12.4 Å². The van der Waals surface area contributed by atoms with E-state index < -0.39 is 5.41 Å². The van der Waals surface area contributed by atoms with Crippen LogP contribution in [0.3, 0.4) is 0 Å². The Morgan fingerprint density at radius 2 is 1.76 bits per heavy atom. The lowest BCUT2D eigenvalue weighted by Crippen LogP contribution is -2.33. The number of pyridine rings is 1. The molecule has 1 aliphatic rings. The van der Waals surface area contributed by atoms with Crippen LogP contribution in [0.1, 0.15) is 30.9 Å². The monoisotopic (exact) mass is 387 g/mol. The number of hydrogen-bond donors (Lipinski definition) is 0. The maximum atomic E-state index is 13.4. The summed E-state index contributed by atoms with van der Waals surface area (Å²) in [6.07, 6.45) is 3.62. The number of aryl methyl sites for hydroxylation is 1. The van der Waals surface area contributed by atoms with Crippen molar-refractivity contribution >= 4 is 17.4 Å². The maximum Gasteiger partial charge on any atom is 0.242 e. The van der Waals surface area contributed by atoms with E-state index in [9.17, 15) is 4.79 Å². The Balaban J connectivity index is 1.82. The summed E-state index contributed by atoms with van der Waals surface area (Å²) >= 11 is 0. The molecule has 0 fully saturated rings. The van der Waals surface area contributed by atoms with Crippen molar-refractivity contribution in [2.24, 2.45) is 0 Å². The number of hydrogen-bond acceptors (Lipinski definition) is 5. The SMILES string of the molecule is Cc1ncc(-c2ccc3c(c2)N(c2cccc(CN(C)C)n2)C(=O)C3(C)C)cn1. The van der Waals surface area contributed by atoms with Crippen LogP contribution >= 0.6 is 0 Å². The van der Waals surface area contributed by atoms with Gasteiger partial charge in [0.2, 0.25) is 5.91 Å². The molecule has 1 amide bonds. The highest BCUT2D eigenvalue weighted by Crippen LogP contribution is 2.46. The number of anilines is 2. The molecule has 0 bridgehead atoms. The Morgan fingerprint density at radius 1 is 1.03 bits per heavy atom. The maximum absolute atomic E-state index is 13.4. The Labute approximate surface area is 171 Å². The second-order valence-electron chi connectivity index (χ2n) is 8.24. The summed E-state index contributed by atoms with van der Waals surface area (Å²) in [4.78, 5) is 30.5. The minimum Gasteiger partial charge on any atom is -0.304 e. The molecule has 29 heavy (non-hydrogen) atoms. The smallest absolute Gasteiger partial charge is 0.242 e. The van der Waals surface area contributed by atoms with Crippen LogP contribution in [0.25, 0.3) is 11.1 Å². The molecule has 3 aromatic rings. The molecule has 0 radical (unpaired) electrons. The molecule has 0 unspecified atom stereocenters. The highest BCUT2D eigenvalue weighted by molar-refractivity contribution is 6.12. The van der Waals surface area contributed by atoms with Gasteiger partial charge in [-0.2, -0.15) is 0 Å². The Morgan fingerprint density at radius 3 is 2.45 bits per heavy atom. The van der Waals surface area contributed by atoms with Gasteiger partial charge in [-0.1, -0.05) is 18.2 Å². The average Bonchev–Trinajstić information content (AvgIpc) is 2.87. The van der Waals surface area contributed by atoms with Gasteiger partial charge in [-0.25, -0.2) is 15.0 Å². The first-order chi connectivity index (χ1) is 13.8. The van der Waals surface area contributed by atoms with E-state index in [0.717, 1.165) is 33.9 Å². The molecular formula is C23H25N5O.